The maximum atomic E-state index is 12.1. The molecule has 2 rings (SSSR count). The van der Waals surface area contributed by atoms with E-state index in [2.05, 4.69) is 0 Å². The molecule has 1 aliphatic carbocycles. The summed E-state index contributed by atoms with van der Waals surface area (Å²) in [7, 11) is 0. The Hall–Kier alpha value is -1.10. The van der Waals surface area contributed by atoms with Gasteiger partial charge in [0.25, 0.3) is 0 Å². The molecule has 0 aromatic heterocycles. The predicted octanol–water partition coefficient (Wildman–Crippen LogP) is 0.405. The highest BCUT2D eigenvalue weighted by atomic mass is 16.4. The molecule has 1 heterocycles. The SMILES string of the molecule is O=C(O)CN1CCN(C(=O)C2CCCC2)CC1. The van der Waals surface area contributed by atoms with E-state index in [-0.39, 0.29) is 18.4 Å². The van der Waals surface area contributed by atoms with Gasteiger partial charge in [-0.1, -0.05) is 12.8 Å². The fourth-order valence-electron chi connectivity index (χ4n) is 2.75. The molecule has 1 aliphatic heterocycles. The van der Waals surface area contributed by atoms with E-state index in [1.54, 1.807) is 0 Å². The molecule has 1 N–H and O–H groups in total. The summed E-state index contributed by atoms with van der Waals surface area (Å²) in [6, 6.07) is 0. The minimum absolute atomic E-state index is 0.0887. The summed E-state index contributed by atoms with van der Waals surface area (Å²) in [6.45, 7) is 2.83. The van der Waals surface area contributed by atoms with E-state index in [4.69, 9.17) is 5.11 Å². The van der Waals surface area contributed by atoms with Gasteiger partial charge in [0.05, 0.1) is 6.54 Å². The third-order valence-corrected chi connectivity index (χ3v) is 3.75. The normalized spacial score (nSPS) is 22.9. The molecule has 0 spiro atoms. The Morgan fingerprint density at radius 1 is 1.06 bits per heavy atom. The van der Waals surface area contributed by atoms with Crippen molar-refractivity contribution in [3.05, 3.63) is 0 Å². The molecule has 0 aromatic carbocycles. The van der Waals surface area contributed by atoms with Crippen LogP contribution in [0, 0.1) is 5.92 Å². The third-order valence-electron chi connectivity index (χ3n) is 3.75. The van der Waals surface area contributed by atoms with Crippen LogP contribution in [0.5, 0.6) is 0 Å². The Kier molecular flexibility index (Phi) is 3.99. The Morgan fingerprint density at radius 3 is 2.18 bits per heavy atom. The van der Waals surface area contributed by atoms with Gasteiger partial charge in [-0.05, 0) is 12.8 Å². The van der Waals surface area contributed by atoms with E-state index in [0.29, 0.717) is 26.2 Å². The molecular weight excluding hydrogens is 220 g/mol. The number of carboxylic acid groups (broad SMARTS) is 1. The van der Waals surface area contributed by atoms with Crippen LogP contribution in [-0.4, -0.2) is 59.5 Å². The minimum Gasteiger partial charge on any atom is -0.480 e. The molecular formula is C12H20N2O3. The molecule has 1 saturated carbocycles. The summed E-state index contributed by atoms with van der Waals surface area (Å²) < 4.78 is 0. The molecule has 0 atom stereocenters. The van der Waals surface area contributed by atoms with Gasteiger partial charge in [0.2, 0.25) is 5.91 Å². The smallest absolute Gasteiger partial charge is 0.317 e. The van der Waals surface area contributed by atoms with Crippen LogP contribution >= 0.6 is 0 Å². The lowest BCUT2D eigenvalue weighted by molar-refractivity contribution is -0.140. The standard InChI is InChI=1S/C12H20N2O3/c15-11(16)9-13-5-7-14(8-6-13)12(17)10-3-1-2-4-10/h10H,1-9H2,(H,15,16). The van der Waals surface area contributed by atoms with E-state index in [1.165, 1.54) is 12.8 Å². The quantitative estimate of drug-likeness (QED) is 0.776. The van der Waals surface area contributed by atoms with Gasteiger partial charge >= 0.3 is 5.97 Å². The highest BCUT2D eigenvalue weighted by Crippen LogP contribution is 2.26. The first kappa shape index (κ1) is 12.4. The number of carbonyl (C=O) groups excluding carboxylic acids is 1. The van der Waals surface area contributed by atoms with Crippen molar-refractivity contribution in [2.24, 2.45) is 5.92 Å². The van der Waals surface area contributed by atoms with Crippen LogP contribution in [0.2, 0.25) is 0 Å². The van der Waals surface area contributed by atoms with Crippen molar-refractivity contribution in [3.63, 3.8) is 0 Å². The Balaban J connectivity index is 1.78. The van der Waals surface area contributed by atoms with Crippen molar-refractivity contribution in [2.45, 2.75) is 25.7 Å². The van der Waals surface area contributed by atoms with Gasteiger partial charge in [-0.3, -0.25) is 14.5 Å². The van der Waals surface area contributed by atoms with Crippen molar-refractivity contribution in [2.75, 3.05) is 32.7 Å². The number of hydrogen-bond donors (Lipinski definition) is 1. The highest BCUT2D eigenvalue weighted by molar-refractivity contribution is 5.79. The topological polar surface area (TPSA) is 60.9 Å². The van der Waals surface area contributed by atoms with Gasteiger partial charge in [-0.25, -0.2) is 0 Å². The molecule has 5 heteroatoms. The number of hydrogen-bond acceptors (Lipinski definition) is 3. The molecule has 2 aliphatic rings. The maximum absolute atomic E-state index is 12.1. The zero-order chi connectivity index (χ0) is 12.3. The number of amides is 1. The number of rotatable bonds is 3. The fourth-order valence-corrected chi connectivity index (χ4v) is 2.75. The van der Waals surface area contributed by atoms with Crippen LogP contribution in [0.15, 0.2) is 0 Å². The third kappa shape index (κ3) is 3.19. The van der Waals surface area contributed by atoms with Gasteiger partial charge < -0.3 is 10.0 Å². The Labute approximate surface area is 101 Å². The van der Waals surface area contributed by atoms with Crippen molar-refractivity contribution >= 4 is 11.9 Å². The van der Waals surface area contributed by atoms with Crippen LogP contribution in [0.25, 0.3) is 0 Å². The van der Waals surface area contributed by atoms with Gasteiger partial charge in [0.1, 0.15) is 0 Å². The molecule has 0 bridgehead atoms. The molecule has 0 unspecified atom stereocenters. The second-order valence-electron chi connectivity index (χ2n) is 4.98. The van der Waals surface area contributed by atoms with Gasteiger partial charge in [0.15, 0.2) is 0 Å². The maximum Gasteiger partial charge on any atom is 0.317 e. The number of carbonyl (C=O) groups is 2. The first-order valence-electron chi connectivity index (χ1n) is 6.40. The first-order valence-corrected chi connectivity index (χ1v) is 6.40. The van der Waals surface area contributed by atoms with Crippen molar-refractivity contribution in [1.29, 1.82) is 0 Å². The van der Waals surface area contributed by atoms with E-state index >= 15 is 0 Å². The first-order chi connectivity index (χ1) is 8.16. The molecule has 1 amide bonds. The fraction of sp³-hybridized carbons (Fsp3) is 0.833. The Bertz CT molecular complexity index is 292. The Morgan fingerprint density at radius 2 is 1.65 bits per heavy atom. The van der Waals surface area contributed by atoms with Crippen LogP contribution in [-0.2, 0) is 9.59 Å². The second kappa shape index (κ2) is 5.49. The average Bonchev–Trinajstić information content (AvgIpc) is 2.82. The predicted molar refractivity (Wildman–Crippen MR) is 62.6 cm³/mol. The molecule has 0 aromatic rings. The molecule has 0 radical (unpaired) electrons. The summed E-state index contributed by atoms with van der Waals surface area (Å²) in [6.07, 6.45) is 4.42. The molecule has 5 nitrogen and oxygen atoms in total. The second-order valence-corrected chi connectivity index (χ2v) is 4.98. The van der Waals surface area contributed by atoms with Gasteiger partial charge in [0, 0.05) is 32.1 Å². The largest absolute Gasteiger partial charge is 0.480 e. The lowest BCUT2D eigenvalue weighted by Gasteiger charge is -2.35. The summed E-state index contributed by atoms with van der Waals surface area (Å²) in [5.74, 6) is -0.265. The van der Waals surface area contributed by atoms with E-state index < -0.39 is 5.97 Å². The van der Waals surface area contributed by atoms with Crippen LogP contribution < -0.4 is 0 Å². The molecule has 2 fully saturated rings. The number of nitrogens with zero attached hydrogens (tertiary/aromatic N) is 2. The van der Waals surface area contributed by atoms with E-state index in [1.807, 2.05) is 9.80 Å². The summed E-state index contributed by atoms with van der Waals surface area (Å²) in [4.78, 5) is 26.5. The van der Waals surface area contributed by atoms with Crippen LogP contribution in [0.1, 0.15) is 25.7 Å². The molecule has 1 saturated heterocycles. The average molecular weight is 240 g/mol. The van der Waals surface area contributed by atoms with Crippen molar-refractivity contribution < 1.29 is 14.7 Å². The van der Waals surface area contributed by atoms with Gasteiger partial charge in [-0.2, -0.15) is 0 Å². The molecule has 96 valence electrons. The lowest BCUT2D eigenvalue weighted by Crippen LogP contribution is -2.51. The minimum atomic E-state index is -0.791. The number of piperazine rings is 1. The number of carboxylic acids is 1. The lowest BCUT2D eigenvalue weighted by atomic mass is 10.1. The summed E-state index contributed by atoms with van der Waals surface area (Å²) >= 11 is 0. The monoisotopic (exact) mass is 240 g/mol. The number of aliphatic carboxylic acids is 1. The zero-order valence-corrected chi connectivity index (χ0v) is 10.1. The van der Waals surface area contributed by atoms with Crippen LogP contribution in [0.3, 0.4) is 0 Å². The van der Waals surface area contributed by atoms with E-state index in [0.717, 1.165) is 12.8 Å². The van der Waals surface area contributed by atoms with Crippen molar-refractivity contribution in [3.8, 4) is 0 Å². The highest BCUT2D eigenvalue weighted by Gasteiger charge is 2.29. The van der Waals surface area contributed by atoms with Crippen LogP contribution in [0.4, 0.5) is 0 Å². The summed E-state index contributed by atoms with van der Waals surface area (Å²) in [5.41, 5.74) is 0. The van der Waals surface area contributed by atoms with Gasteiger partial charge in [-0.15, -0.1) is 0 Å². The van der Waals surface area contributed by atoms with E-state index in [9.17, 15) is 9.59 Å². The molecule has 17 heavy (non-hydrogen) atoms. The zero-order valence-electron chi connectivity index (χ0n) is 10.1. The summed E-state index contributed by atoms with van der Waals surface area (Å²) in [5, 5.41) is 8.69. The van der Waals surface area contributed by atoms with Crippen molar-refractivity contribution in [1.82, 2.24) is 9.80 Å².